The van der Waals surface area contributed by atoms with Crippen LogP contribution < -0.4 is 15.5 Å². The summed E-state index contributed by atoms with van der Waals surface area (Å²) in [6, 6.07) is 15.0. The molecule has 1 aromatic heterocycles. The van der Waals surface area contributed by atoms with Crippen LogP contribution in [0, 0.1) is 0 Å². The molecule has 1 aliphatic rings. The molecule has 8 nitrogen and oxygen atoms in total. The Balaban J connectivity index is 1.68. The number of likely N-dealkylation sites (N-methyl/N-ethyl adjacent to an activating group) is 2. The molecule has 4 rings (SSSR count). The summed E-state index contributed by atoms with van der Waals surface area (Å²) in [6.07, 6.45) is 4.79. The molecule has 0 spiro atoms. The maximum Gasteiger partial charge on any atom is 0.258 e. The van der Waals surface area contributed by atoms with Gasteiger partial charge in [0.2, 0.25) is 5.91 Å². The predicted molar refractivity (Wildman–Crippen MR) is 126 cm³/mol. The maximum absolute atomic E-state index is 12.8. The highest BCUT2D eigenvalue weighted by Gasteiger charge is 2.28. The van der Waals surface area contributed by atoms with Crippen molar-refractivity contribution in [2.24, 2.45) is 0 Å². The van der Waals surface area contributed by atoms with Gasteiger partial charge in [0.15, 0.2) is 0 Å². The molecule has 2 aromatic carbocycles. The monoisotopic (exact) mass is 428 g/mol. The summed E-state index contributed by atoms with van der Waals surface area (Å²) in [5.74, 6) is -0.206. The molecule has 8 heteroatoms. The van der Waals surface area contributed by atoms with Gasteiger partial charge in [-0.05, 0) is 44.4 Å². The molecular weight excluding hydrogens is 404 g/mol. The predicted octanol–water partition coefficient (Wildman–Crippen LogP) is 2.93. The van der Waals surface area contributed by atoms with E-state index in [4.69, 9.17) is 0 Å². The van der Waals surface area contributed by atoms with E-state index in [1.54, 1.807) is 30.5 Å². The summed E-state index contributed by atoms with van der Waals surface area (Å²) in [5.41, 5.74) is 4.71. The van der Waals surface area contributed by atoms with E-state index in [-0.39, 0.29) is 11.8 Å². The van der Waals surface area contributed by atoms with Crippen LogP contribution in [0.1, 0.15) is 11.3 Å². The summed E-state index contributed by atoms with van der Waals surface area (Å²) in [4.78, 5) is 37.2. The topological polar surface area (TPSA) is 90.5 Å². The minimum Gasteiger partial charge on any atom is -0.353 e. The van der Waals surface area contributed by atoms with Gasteiger partial charge in [-0.1, -0.05) is 18.2 Å². The molecule has 0 fully saturated rings. The second kappa shape index (κ2) is 8.99. The van der Waals surface area contributed by atoms with Crippen molar-refractivity contribution in [2.75, 3.05) is 43.2 Å². The quantitative estimate of drug-likeness (QED) is 0.587. The minimum absolute atomic E-state index is 0.00249. The van der Waals surface area contributed by atoms with Crippen molar-refractivity contribution in [3.63, 3.8) is 0 Å². The SMILES string of the molecule is CN(C)CC(=O)N(C)c1ccc(N/C(=C2\C(=O)Nc3ccccc32)c2cnccn2)cc1. The number of para-hydroxylation sites is 1. The Morgan fingerprint density at radius 1 is 1.03 bits per heavy atom. The molecule has 0 radical (unpaired) electrons. The Labute approximate surface area is 186 Å². The van der Waals surface area contributed by atoms with Crippen molar-refractivity contribution in [3.8, 4) is 0 Å². The van der Waals surface area contributed by atoms with Crippen LogP contribution in [-0.2, 0) is 9.59 Å². The Morgan fingerprint density at radius 3 is 2.47 bits per heavy atom. The molecule has 32 heavy (non-hydrogen) atoms. The second-order valence-corrected chi connectivity index (χ2v) is 7.70. The van der Waals surface area contributed by atoms with Crippen molar-refractivity contribution in [3.05, 3.63) is 78.4 Å². The zero-order valence-electron chi connectivity index (χ0n) is 18.2. The number of hydrogen-bond acceptors (Lipinski definition) is 6. The molecule has 0 aliphatic carbocycles. The largest absolute Gasteiger partial charge is 0.353 e. The third-order valence-electron chi connectivity index (χ3n) is 5.09. The fraction of sp³-hybridized carbons (Fsp3) is 0.167. The number of carbonyl (C=O) groups is 2. The number of fused-ring (bicyclic) bond motifs is 1. The zero-order chi connectivity index (χ0) is 22.7. The number of hydrogen-bond donors (Lipinski definition) is 2. The van der Waals surface area contributed by atoms with Crippen LogP contribution in [0.5, 0.6) is 0 Å². The Morgan fingerprint density at radius 2 is 1.78 bits per heavy atom. The van der Waals surface area contributed by atoms with Gasteiger partial charge in [-0.3, -0.25) is 19.6 Å². The molecule has 0 saturated heterocycles. The van der Waals surface area contributed by atoms with Crippen molar-refractivity contribution in [1.29, 1.82) is 0 Å². The first-order valence-electron chi connectivity index (χ1n) is 10.1. The number of amides is 2. The van der Waals surface area contributed by atoms with Gasteiger partial charge in [0.25, 0.3) is 5.91 Å². The van der Waals surface area contributed by atoms with Crippen LogP contribution in [0.3, 0.4) is 0 Å². The van der Waals surface area contributed by atoms with E-state index in [0.29, 0.717) is 23.5 Å². The molecule has 0 saturated carbocycles. The number of rotatable bonds is 6. The van der Waals surface area contributed by atoms with Crippen LogP contribution in [0.15, 0.2) is 67.1 Å². The maximum atomic E-state index is 12.8. The molecule has 2 heterocycles. The lowest BCUT2D eigenvalue weighted by Crippen LogP contribution is -2.34. The Hall–Kier alpha value is -4.04. The molecule has 0 unspecified atom stereocenters. The van der Waals surface area contributed by atoms with Crippen molar-refractivity contribution in [2.45, 2.75) is 0 Å². The van der Waals surface area contributed by atoms with Gasteiger partial charge in [-0.15, -0.1) is 0 Å². The highest BCUT2D eigenvalue weighted by atomic mass is 16.2. The number of carbonyl (C=O) groups excluding carboxylic acids is 2. The van der Waals surface area contributed by atoms with E-state index in [2.05, 4.69) is 20.6 Å². The van der Waals surface area contributed by atoms with E-state index in [1.807, 2.05) is 67.5 Å². The number of nitrogens with one attached hydrogen (secondary N) is 2. The summed E-state index contributed by atoms with van der Waals surface area (Å²) < 4.78 is 0. The van der Waals surface area contributed by atoms with Gasteiger partial charge in [0, 0.05) is 42.1 Å². The number of nitrogens with zero attached hydrogens (tertiary/aromatic N) is 4. The Kier molecular flexibility index (Phi) is 5.96. The molecule has 3 aromatic rings. The lowest BCUT2D eigenvalue weighted by Gasteiger charge is -2.20. The third-order valence-corrected chi connectivity index (χ3v) is 5.09. The zero-order valence-corrected chi connectivity index (χ0v) is 18.2. The average molecular weight is 428 g/mol. The van der Waals surface area contributed by atoms with Crippen LogP contribution in [-0.4, -0.2) is 54.4 Å². The standard InChI is InChI=1S/C24H24N6O2/c1-29(2)15-21(31)30(3)17-10-8-16(9-11-17)27-23(20-14-25-12-13-26-20)22-18-6-4-5-7-19(18)28-24(22)32/h4-14,27H,15H2,1-3H3,(H,28,32)/b23-22-. The smallest absolute Gasteiger partial charge is 0.258 e. The summed E-state index contributed by atoms with van der Waals surface area (Å²) in [5, 5.41) is 6.24. The fourth-order valence-electron chi connectivity index (χ4n) is 3.48. The van der Waals surface area contributed by atoms with Gasteiger partial charge < -0.3 is 20.4 Å². The van der Waals surface area contributed by atoms with Crippen molar-refractivity contribution in [1.82, 2.24) is 14.9 Å². The molecular formula is C24H24N6O2. The van der Waals surface area contributed by atoms with Crippen LogP contribution >= 0.6 is 0 Å². The molecule has 0 bridgehead atoms. The van der Waals surface area contributed by atoms with Gasteiger partial charge in [-0.25, -0.2) is 0 Å². The highest BCUT2D eigenvalue weighted by Crippen LogP contribution is 2.36. The first-order valence-corrected chi connectivity index (χ1v) is 10.1. The van der Waals surface area contributed by atoms with E-state index in [0.717, 1.165) is 22.6 Å². The van der Waals surface area contributed by atoms with Gasteiger partial charge in [0.1, 0.15) is 5.69 Å². The first-order chi connectivity index (χ1) is 15.4. The normalized spacial score (nSPS) is 14.1. The van der Waals surface area contributed by atoms with Gasteiger partial charge in [-0.2, -0.15) is 0 Å². The van der Waals surface area contributed by atoms with E-state index < -0.39 is 0 Å². The van der Waals surface area contributed by atoms with Crippen molar-refractivity contribution < 1.29 is 9.59 Å². The van der Waals surface area contributed by atoms with Gasteiger partial charge in [0.05, 0.1) is 24.0 Å². The number of benzene rings is 2. The molecule has 162 valence electrons. The lowest BCUT2D eigenvalue weighted by atomic mass is 10.0. The highest BCUT2D eigenvalue weighted by molar-refractivity contribution is 6.37. The second-order valence-electron chi connectivity index (χ2n) is 7.70. The molecule has 0 atom stereocenters. The first kappa shape index (κ1) is 21.2. The molecule has 1 aliphatic heterocycles. The summed E-state index contributed by atoms with van der Waals surface area (Å²) >= 11 is 0. The number of aromatic nitrogens is 2. The average Bonchev–Trinajstić information content (AvgIpc) is 3.13. The van der Waals surface area contributed by atoms with Crippen LogP contribution in [0.4, 0.5) is 17.1 Å². The third kappa shape index (κ3) is 4.35. The van der Waals surface area contributed by atoms with Crippen molar-refractivity contribution >= 4 is 40.1 Å². The lowest BCUT2D eigenvalue weighted by molar-refractivity contribution is -0.119. The minimum atomic E-state index is -0.204. The van der Waals surface area contributed by atoms with E-state index in [1.165, 1.54) is 0 Å². The van der Waals surface area contributed by atoms with E-state index >= 15 is 0 Å². The van der Waals surface area contributed by atoms with Crippen LogP contribution in [0.2, 0.25) is 0 Å². The van der Waals surface area contributed by atoms with E-state index in [9.17, 15) is 9.59 Å². The fourth-order valence-corrected chi connectivity index (χ4v) is 3.48. The number of anilines is 3. The Bertz CT molecular complexity index is 1170. The van der Waals surface area contributed by atoms with Gasteiger partial charge >= 0.3 is 0 Å². The van der Waals surface area contributed by atoms with Crippen LogP contribution in [0.25, 0.3) is 11.3 Å². The summed E-state index contributed by atoms with van der Waals surface area (Å²) in [6.45, 7) is 0.327. The summed E-state index contributed by atoms with van der Waals surface area (Å²) in [7, 11) is 5.47. The molecule has 2 N–H and O–H groups in total. The molecule has 2 amide bonds.